The first kappa shape index (κ1) is 8.66. The quantitative estimate of drug-likeness (QED) is 0.287. The van der Waals surface area contributed by atoms with E-state index >= 15 is 0 Å². The van der Waals surface area contributed by atoms with Gasteiger partial charge in [-0.25, -0.2) is 0 Å². The maximum Gasteiger partial charge on any atom is 0.522 e. The molecular formula is CF3O4S-. The van der Waals surface area contributed by atoms with Gasteiger partial charge in [0.15, 0.2) is 0 Å². The summed E-state index contributed by atoms with van der Waals surface area (Å²) < 4.78 is 53.4. The fourth-order valence-corrected chi connectivity index (χ4v) is 0.116. The van der Waals surface area contributed by atoms with E-state index < -0.39 is 15.6 Å². The molecule has 0 unspecified atom stereocenters. The van der Waals surface area contributed by atoms with E-state index in [9.17, 15) is 21.6 Å². The van der Waals surface area contributed by atoms with Crippen molar-refractivity contribution in [3.63, 3.8) is 0 Å². The number of halogens is 3. The van der Waals surface area contributed by atoms with Crippen molar-refractivity contribution in [3.8, 4) is 0 Å². The summed E-state index contributed by atoms with van der Waals surface area (Å²) in [6, 6.07) is 0. The van der Waals surface area contributed by atoms with Crippen LogP contribution in [0, 0.1) is 0 Å². The van der Waals surface area contributed by atoms with Crippen molar-refractivity contribution >= 4 is 10.1 Å². The fourth-order valence-electron chi connectivity index (χ4n) is 0.0386. The summed E-state index contributed by atoms with van der Waals surface area (Å²) in [6.07, 6.45) is 0. The highest BCUT2D eigenvalue weighted by Crippen LogP contribution is 2.22. The third-order valence-electron chi connectivity index (χ3n) is 0.373. The predicted molar refractivity (Wildman–Crippen MR) is 16.1 cm³/mol. The second kappa shape index (κ2) is 2.12. The molecule has 0 radical (unpaired) electrons. The first-order valence-electron chi connectivity index (χ1n) is 1.44. The predicted octanol–water partition coefficient (Wildman–Crippen LogP) is -0.872. The molecule has 0 fully saturated rings. The van der Waals surface area contributed by atoms with Crippen LogP contribution in [0.15, 0.2) is 0 Å². The molecule has 0 N–H and O–H groups in total. The molecule has 0 heterocycles. The molecule has 0 aliphatic rings. The lowest BCUT2D eigenvalue weighted by Crippen LogP contribution is -2.29. The highest BCUT2D eigenvalue weighted by atomic mass is 32.2. The van der Waals surface area contributed by atoms with Crippen LogP contribution in [0.2, 0.25) is 0 Å². The van der Waals surface area contributed by atoms with Crippen LogP contribution < -0.4 is 5.26 Å². The molecule has 0 rings (SSSR count). The van der Waals surface area contributed by atoms with Gasteiger partial charge in [0.2, 0.25) is 0 Å². The summed E-state index contributed by atoms with van der Waals surface area (Å²) in [6.45, 7) is 0. The Labute approximate surface area is 47.9 Å². The van der Waals surface area contributed by atoms with Crippen molar-refractivity contribution < 1.29 is 31.2 Å². The van der Waals surface area contributed by atoms with Crippen LogP contribution in [0.5, 0.6) is 0 Å². The van der Waals surface area contributed by atoms with Gasteiger partial charge < -0.3 is 9.59 Å². The lowest BCUT2D eigenvalue weighted by Gasteiger charge is -2.08. The van der Waals surface area contributed by atoms with E-state index in [0.29, 0.717) is 0 Å². The number of alkyl halides is 3. The van der Waals surface area contributed by atoms with Crippen molar-refractivity contribution in [1.29, 1.82) is 0 Å². The lowest BCUT2D eigenvalue weighted by molar-refractivity contribution is -0.636. The molecule has 0 saturated heterocycles. The van der Waals surface area contributed by atoms with E-state index in [4.69, 9.17) is 5.26 Å². The molecule has 0 bridgehead atoms. The molecule has 0 saturated carbocycles. The molecular weight excluding hydrogens is 165 g/mol. The first-order chi connectivity index (χ1) is 3.81. The summed E-state index contributed by atoms with van der Waals surface area (Å²) in [7, 11) is -5.89. The van der Waals surface area contributed by atoms with Gasteiger partial charge in [0.25, 0.3) is 0 Å². The van der Waals surface area contributed by atoms with Gasteiger partial charge in [0, 0.05) is 0 Å². The third kappa shape index (κ3) is 1.80. The van der Waals surface area contributed by atoms with E-state index in [0.717, 1.165) is 0 Å². The summed E-state index contributed by atoms with van der Waals surface area (Å²) in [4.78, 5) is 0. The first-order valence-corrected chi connectivity index (χ1v) is 2.85. The maximum atomic E-state index is 10.9. The van der Waals surface area contributed by atoms with E-state index in [1.165, 1.54) is 0 Å². The highest BCUT2D eigenvalue weighted by Gasteiger charge is 2.45. The largest absolute Gasteiger partial charge is 0.707 e. The molecule has 8 heteroatoms. The zero-order chi connectivity index (χ0) is 7.71. The third-order valence-corrected chi connectivity index (χ3v) is 1.12. The molecule has 0 aliphatic heterocycles. The summed E-state index contributed by atoms with van der Waals surface area (Å²) in [5.41, 5.74) is -5.62. The molecule has 0 aliphatic carbocycles. The van der Waals surface area contributed by atoms with Crippen molar-refractivity contribution in [2.75, 3.05) is 0 Å². The molecule has 4 nitrogen and oxygen atoms in total. The summed E-state index contributed by atoms with van der Waals surface area (Å²) in [5, 5.41) is 8.79. The van der Waals surface area contributed by atoms with Gasteiger partial charge in [-0.3, -0.25) is 0 Å². The summed E-state index contributed by atoms with van der Waals surface area (Å²) >= 11 is 0. The van der Waals surface area contributed by atoms with E-state index in [1.54, 1.807) is 0 Å². The number of hydrogen-bond acceptors (Lipinski definition) is 4. The van der Waals surface area contributed by atoms with Gasteiger partial charge in [-0.05, 0) is 0 Å². The van der Waals surface area contributed by atoms with Crippen LogP contribution >= 0.6 is 0 Å². The SMILES string of the molecule is O=S(=O)(O[O-])C(F)(F)F. The van der Waals surface area contributed by atoms with Crippen molar-refractivity contribution in [3.05, 3.63) is 0 Å². The smallest absolute Gasteiger partial charge is 0.522 e. The Hall–Kier alpha value is -0.340. The molecule has 0 aromatic rings. The van der Waals surface area contributed by atoms with E-state index in [1.807, 2.05) is 4.33 Å². The van der Waals surface area contributed by atoms with Gasteiger partial charge in [-0.15, -0.1) is 0 Å². The molecule has 0 spiro atoms. The van der Waals surface area contributed by atoms with Gasteiger partial charge in [0.1, 0.15) is 0 Å². The minimum absolute atomic E-state index is 1.90. The van der Waals surface area contributed by atoms with Crippen molar-refractivity contribution in [2.24, 2.45) is 0 Å². The van der Waals surface area contributed by atoms with Gasteiger partial charge in [-0.2, -0.15) is 21.6 Å². The zero-order valence-electron chi connectivity index (χ0n) is 3.68. The maximum absolute atomic E-state index is 10.9. The molecule has 0 amide bonds. The Balaban J connectivity index is 4.57. The van der Waals surface area contributed by atoms with Crippen LogP contribution in [0.3, 0.4) is 0 Å². The fraction of sp³-hybridized carbons (Fsp3) is 1.00. The minimum atomic E-state index is -5.89. The van der Waals surface area contributed by atoms with Crippen molar-refractivity contribution in [2.45, 2.75) is 5.51 Å². The number of hydrogen-bond donors (Lipinski definition) is 0. The molecule has 0 atom stereocenters. The van der Waals surface area contributed by atoms with Crippen LogP contribution in [-0.4, -0.2) is 13.9 Å². The summed E-state index contributed by atoms with van der Waals surface area (Å²) in [5.74, 6) is 0. The molecule has 56 valence electrons. The normalized spacial score (nSPS) is 13.8. The standard InChI is InChI=1S/CHF3O4S/c2-1(3,4)9(6,7)8-5/h5H/p-1. The van der Waals surface area contributed by atoms with Crippen LogP contribution in [0.25, 0.3) is 0 Å². The van der Waals surface area contributed by atoms with Gasteiger partial charge >= 0.3 is 15.6 Å². The topological polar surface area (TPSA) is 66.4 Å². The monoisotopic (exact) mass is 165 g/mol. The van der Waals surface area contributed by atoms with Crippen LogP contribution in [0.4, 0.5) is 13.2 Å². The average molecular weight is 165 g/mol. The Morgan fingerprint density at radius 2 is 1.67 bits per heavy atom. The average Bonchev–Trinajstić information content (AvgIpc) is 1.64. The van der Waals surface area contributed by atoms with Crippen LogP contribution in [0.1, 0.15) is 0 Å². The van der Waals surface area contributed by atoms with Gasteiger partial charge in [-0.1, -0.05) is 0 Å². The highest BCUT2D eigenvalue weighted by molar-refractivity contribution is 7.87. The van der Waals surface area contributed by atoms with E-state index in [-0.39, 0.29) is 0 Å². The lowest BCUT2D eigenvalue weighted by atomic mass is 11.6. The minimum Gasteiger partial charge on any atom is -0.707 e. The van der Waals surface area contributed by atoms with Gasteiger partial charge in [0.05, 0.1) is 0 Å². The van der Waals surface area contributed by atoms with Crippen LogP contribution in [-0.2, 0) is 14.5 Å². The molecule has 9 heavy (non-hydrogen) atoms. The Kier molecular flexibility index (Phi) is 2.04. The zero-order valence-corrected chi connectivity index (χ0v) is 4.49. The number of rotatable bonds is 1. The Bertz CT molecular complexity index is 176. The Morgan fingerprint density at radius 1 is 1.33 bits per heavy atom. The van der Waals surface area contributed by atoms with Crippen molar-refractivity contribution in [1.82, 2.24) is 0 Å². The Morgan fingerprint density at radius 3 is 1.67 bits per heavy atom. The molecule has 0 aromatic heterocycles. The second-order valence-electron chi connectivity index (χ2n) is 0.968. The van der Waals surface area contributed by atoms with E-state index in [2.05, 4.69) is 0 Å². The second-order valence-corrected chi connectivity index (χ2v) is 2.48. The molecule has 0 aromatic carbocycles.